The van der Waals surface area contributed by atoms with Crippen LogP contribution < -0.4 is 5.73 Å². The maximum absolute atomic E-state index is 11.8. The molecule has 1 aromatic rings. The van der Waals surface area contributed by atoms with Gasteiger partial charge in [-0.15, -0.1) is 0 Å². The summed E-state index contributed by atoms with van der Waals surface area (Å²) >= 11 is 3.41. The first-order chi connectivity index (χ1) is 7.54. The fraction of sp³-hybridized carbons (Fsp3) is 0.417. The third-order valence-corrected chi connectivity index (χ3v) is 2.95. The van der Waals surface area contributed by atoms with Crippen molar-refractivity contribution in [3.05, 3.63) is 34.3 Å². The van der Waals surface area contributed by atoms with Gasteiger partial charge < -0.3 is 10.6 Å². The number of amides is 1. The van der Waals surface area contributed by atoms with Gasteiger partial charge in [0.05, 0.1) is 0 Å². The molecule has 1 aromatic carbocycles. The molecule has 0 fully saturated rings. The Labute approximate surface area is 105 Å². The minimum absolute atomic E-state index is 0.0856. The molecule has 16 heavy (non-hydrogen) atoms. The summed E-state index contributed by atoms with van der Waals surface area (Å²) in [6.07, 6.45) is 0. The van der Waals surface area contributed by atoms with E-state index >= 15 is 0 Å². The van der Waals surface area contributed by atoms with Crippen LogP contribution in [0.4, 0.5) is 0 Å². The molecule has 0 saturated carbocycles. The SMILES string of the molecule is CC(CN)C(=O)N(C)Cc1cccc(Br)c1. The first kappa shape index (κ1) is 13.2. The Hall–Kier alpha value is -0.870. The number of hydrogen-bond donors (Lipinski definition) is 1. The molecule has 0 saturated heterocycles. The van der Waals surface area contributed by atoms with Crippen molar-refractivity contribution in [3.63, 3.8) is 0 Å². The third-order valence-electron chi connectivity index (χ3n) is 2.46. The van der Waals surface area contributed by atoms with Crippen LogP contribution in [0.2, 0.25) is 0 Å². The lowest BCUT2D eigenvalue weighted by molar-refractivity contribution is -0.133. The predicted octanol–water partition coefficient (Wildman–Crippen LogP) is 2.00. The van der Waals surface area contributed by atoms with Crippen molar-refractivity contribution in [2.24, 2.45) is 11.7 Å². The first-order valence-electron chi connectivity index (χ1n) is 5.24. The number of carbonyl (C=O) groups is 1. The second-order valence-electron chi connectivity index (χ2n) is 3.96. The van der Waals surface area contributed by atoms with Crippen LogP contribution in [0.15, 0.2) is 28.7 Å². The minimum atomic E-state index is -0.114. The third kappa shape index (κ3) is 3.61. The Morgan fingerprint density at radius 1 is 1.56 bits per heavy atom. The Kier molecular flexibility index (Phi) is 4.96. The number of halogens is 1. The average Bonchev–Trinajstić information content (AvgIpc) is 2.27. The molecule has 1 atom stereocenters. The first-order valence-corrected chi connectivity index (χ1v) is 6.03. The van der Waals surface area contributed by atoms with Crippen LogP contribution in [-0.2, 0) is 11.3 Å². The molecule has 0 aliphatic heterocycles. The number of hydrogen-bond acceptors (Lipinski definition) is 2. The molecule has 1 amide bonds. The van der Waals surface area contributed by atoms with E-state index in [9.17, 15) is 4.79 Å². The van der Waals surface area contributed by atoms with E-state index in [1.54, 1.807) is 11.9 Å². The van der Waals surface area contributed by atoms with Crippen LogP contribution in [0.25, 0.3) is 0 Å². The molecule has 88 valence electrons. The molecular formula is C12H17BrN2O. The maximum Gasteiger partial charge on any atom is 0.226 e. The standard InChI is InChI=1S/C12H17BrN2O/c1-9(7-14)12(16)15(2)8-10-4-3-5-11(13)6-10/h3-6,9H,7-8,14H2,1-2H3. The van der Waals surface area contributed by atoms with E-state index in [0.717, 1.165) is 10.0 Å². The van der Waals surface area contributed by atoms with E-state index in [1.807, 2.05) is 31.2 Å². The van der Waals surface area contributed by atoms with E-state index in [1.165, 1.54) is 0 Å². The molecule has 1 unspecified atom stereocenters. The van der Waals surface area contributed by atoms with Crippen molar-refractivity contribution in [3.8, 4) is 0 Å². The van der Waals surface area contributed by atoms with Gasteiger partial charge in [-0.25, -0.2) is 0 Å². The van der Waals surface area contributed by atoms with Gasteiger partial charge >= 0.3 is 0 Å². The number of nitrogens with two attached hydrogens (primary N) is 1. The van der Waals surface area contributed by atoms with Crippen LogP contribution in [0.3, 0.4) is 0 Å². The fourth-order valence-electron chi connectivity index (χ4n) is 1.46. The largest absolute Gasteiger partial charge is 0.341 e. The van der Waals surface area contributed by atoms with Crippen LogP contribution in [0.1, 0.15) is 12.5 Å². The van der Waals surface area contributed by atoms with E-state index in [2.05, 4.69) is 15.9 Å². The number of rotatable bonds is 4. The summed E-state index contributed by atoms with van der Waals surface area (Å²) in [5.41, 5.74) is 6.58. The second kappa shape index (κ2) is 6.01. The van der Waals surface area contributed by atoms with Crippen LogP contribution >= 0.6 is 15.9 Å². The Bertz CT molecular complexity index is 368. The number of carbonyl (C=O) groups excluding carboxylic acids is 1. The molecule has 1 rings (SSSR count). The van der Waals surface area contributed by atoms with Crippen molar-refractivity contribution < 1.29 is 4.79 Å². The zero-order valence-electron chi connectivity index (χ0n) is 9.61. The van der Waals surface area contributed by atoms with Crippen LogP contribution in [0.5, 0.6) is 0 Å². The van der Waals surface area contributed by atoms with Gasteiger partial charge in [0.1, 0.15) is 0 Å². The molecule has 0 spiro atoms. The minimum Gasteiger partial charge on any atom is -0.341 e. The highest BCUT2D eigenvalue weighted by Crippen LogP contribution is 2.13. The molecular weight excluding hydrogens is 268 g/mol. The van der Waals surface area contributed by atoms with Crippen molar-refractivity contribution >= 4 is 21.8 Å². The molecule has 2 N–H and O–H groups in total. The summed E-state index contributed by atoms with van der Waals surface area (Å²) in [5, 5.41) is 0. The quantitative estimate of drug-likeness (QED) is 0.919. The zero-order valence-corrected chi connectivity index (χ0v) is 11.2. The lowest BCUT2D eigenvalue weighted by atomic mass is 10.1. The normalized spacial score (nSPS) is 12.2. The maximum atomic E-state index is 11.8. The van der Waals surface area contributed by atoms with E-state index in [4.69, 9.17) is 5.73 Å². The molecule has 0 aliphatic rings. The Morgan fingerprint density at radius 2 is 2.25 bits per heavy atom. The number of benzene rings is 1. The zero-order chi connectivity index (χ0) is 12.1. The molecule has 4 heteroatoms. The van der Waals surface area contributed by atoms with Crippen LogP contribution in [-0.4, -0.2) is 24.4 Å². The monoisotopic (exact) mass is 284 g/mol. The molecule has 0 radical (unpaired) electrons. The second-order valence-corrected chi connectivity index (χ2v) is 4.88. The average molecular weight is 285 g/mol. The Balaban J connectivity index is 2.64. The highest BCUT2D eigenvalue weighted by Gasteiger charge is 2.15. The lowest BCUT2D eigenvalue weighted by Crippen LogP contribution is -2.34. The van der Waals surface area contributed by atoms with Gasteiger partial charge in [-0.1, -0.05) is 35.0 Å². The van der Waals surface area contributed by atoms with Gasteiger partial charge in [0.2, 0.25) is 5.91 Å². The van der Waals surface area contributed by atoms with Crippen molar-refractivity contribution in [1.82, 2.24) is 4.90 Å². The molecule has 0 bridgehead atoms. The van der Waals surface area contributed by atoms with E-state index in [0.29, 0.717) is 13.1 Å². The molecule has 0 aromatic heterocycles. The summed E-state index contributed by atoms with van der Waals surface area (Å²) in [4.78, 5) is 13.5. The predicted molar refractivity (Wildman–Crippen MR) is 68.8 cm³/mol. The van der Waals surface area contributed by atoms with Gasteiger partial charge in [0.15, 0.2) is 0 Å². The van der Waals surface area contributed by atoms with Gasteiger partial charge in [0, 0.05) is 30.5 Å². The smallest absolute Gasteiger partial charge is 0.226 e. The summed E-state index contributed by atoms with van der Waals surface area (Å²) in [7, 11) is 1.80. The van der Waals surface area contributed by atoms with Gasteiger partial charge in [0.25, 0.3) is 0 Å². The van der Waals surface area contributed by atoms with E-state index in [-0.39, 0.29) is 11.8 Å². The Morgan fingerprint density at radius 3 is 2.81 bits per heavy atom. The van der Waals surface area contributed by atoms with Gasteiger partial charge in [-0.05, 0) is 17.7 Å². The van der Waals surface area contributed by atoms with Crippen molar-refractivity contribution in [2.75, 3.05) is 13.6 Å². The molecule has 3 nitrogen and oxygen atoms in total. The van der Waals surface area contributed by atoms with Crippen LogP contribution in [0, 0.1) is 5.92 Å². The summed E-state index contributed by atoms with van der Waals surface area (Å²) in [6, 6.07) is 7.94. The highest BCUT2D eigenvalue weighted by atomic mass is 79.9. The summed E-state index contributed by atoms with van der Waals surface area (Å²) in [5.74, 6) is -0.0281. The lowest BCUT2D eigenvalue weighted by Gasteiger charge is -2.20. The van der Waals surface area contributed by atoms with Crippen molar-refractivity contribution in [2.45, 2.75) is 13.5 Å². The topological polar surface area (TPSA) is 46.3 Å². The fourth-order valence-corrected chi connectivity index (χ4v) is 1.91. The van der Waals surface area contributed by atoms with E-state index < -0.39 is 0 Å². The molecule has 0 heterocycles. The number of nitrogens with zero attached hydrogens (tertiary/aromatic N) is 1. The van der Waals surface area contributed by atoms with Gasteiger partial charge in [-0.2, -0.15) is 0 Å². The van der Waals surface area contributed by atoms with Crippen molar-refractivity contribution in [1.29, 1.82) is 0 Å². The summed E-state index contributed by atoms with van der Waals surface area (Å²) in [6.45, 7) is 2.85. The summed E-state index contributed by atoms with van der Waals surface area (Å²) < 4.78 is 1.03. The van der Waals surface area contributed by atoms with Gasteiger partial charge in [-0.3, -0.25) is 4.79 Å². The highest BCUT2D eigenvalue weighted by molar-refractivity contribution is 9.10. The molecule has 0 aliphatic carbocycles.